The quantitative estimate of drug-likeness (QED) is 0.645. The fourth-order valence-electron chi connectivity index (χ4n) is 1.32. The van der Waals surface area contributed by atoms with Gasteiger partial charge < -0.3 is 4.74 Å². The van der Waals surface area contributed by atoms with E-state index in [2.05, 4.69) is 15.5 Å². The third-order valence-electron chi connectivity index (χ3n) is 2.15. The third kappa shape index (κ3) is 3.31. The lowest BCUT2D eigenvalue weighted by Crippen LogP contribution is -1.92. The number of aromatic nitrogens is 1. The lowest BCUT2D eigenvalue weighted by atomic mass is 10.2. The van der Waals surface area contributed by atoms with Crippen LogP contribution in [0.5, 0.6) is 5.75 Å². The Bertz CT molecular complexity index is 497. The molecule has 0 aliphatic heterocycles. The molecule has 1 aromatic carbocycles. The van der Waals surface area contributed by atoms with Gasteiger partial charge in [0.15, 0.2) is 0 Å². The Morgan fingerprint density at radius 3 is 2.94 bits per heavy atom. The molecule has 0 atom stereocenters. The molecule has 0 unspecified atom stereocenters. The van der Waals surface area contributed by atoms with Gasteiger partial charge in [-0.25, -0.2) is 4.98 Å². The number of rotatable bonds is 4. The fourth-order valence-corrected chi connectivity index (χ4v) is 1.32. The van der Waals surface area contributed by atoms with Gasteiger partial charge in [0, 0.05) is 6.20 Å². The topological polar surface area (TPSA) is 46.5 Å². The lowest BCUT2D eigenvalue weighted by molar-refractivity contribution is 0.415. The summed E-state index contributed by atoms with van der Waals surface area (Å²) in [5.41, 5.74) is 3.81. The minimum Gasteiger partial charge on any atom is -0.497 e. The molecule has 0 spiro atoms. The first-order chi connectivity index (χ1) is 8.38. The Balaban J connectivity index is 2.00. The van der Waals surface area contributed by atoms with Gasteiger partial charge in [0.05, 0.1) is 13.3 Å². The van der Waals surface area contributed by atoms with Gasteiger partial charge in [-0.3, -0.25) is 5.43 Å². The second-order valence-electron chi connectivity index (χ2n) is 3.36. The number of methoxy groups -OCH3 is 1. The summed E-state index contributed by atoms with van der Waals surface area (Å²) < 4.78 is 5.13. The Kier molecular flexibility index (Phi) is 3.70. The van der Waals surface area contributed by atoms with E-state index in [0.717, 1.165) is 11.3 Å². The molecule has 2 rings (SSSR count). The van der Waals surface area contributed by atoms with E-state index in [1.165, 1.54) is 0 Å². The van der Waals surface area contributed by atoms with Crippen molar-refractivity contribution in [2.75, 3.05) is 12.5 Å². The number of ether oxygens (including phenoxy) is 1. The van der Waals surface area contributed by atoms with Crippen LogP contribution in [0.2, 0.25) is 0 Å². The van der Waals surface area contributed by atoms with E-state index in [0.29, 0.717) is 5.82 Å². The molecule has 0 fully saturated rings. The fraction of sp³-hybridized carbons (Fsp3) is 0.0769. The van der Waals surface area contributed by atoms with Crippen LogP contribution in [0.25, 0.3) is 0 Å². The molecular formula is C13H13N3O. The first-order valence-electron chi connectivity index (χ1n) is 5.22. The van der Waals surface area contributed by atoms with Crippen molar-refractivity contribution in [2.45, 2.75) is 0 Å². The molecule has 0 aliphatic rings. The molecular weight excluding hydrogens is 214 g/mol. The minimum atomic E-state index is 0.714. The number of nitrogens with zero attached hydrogens (tertiary/aromatic N) is 2. The molecule has 1 N–H and O–H groups in total. The van der Waals surface area contributed by atoms with Crippen LogP contribution in [-0.2, 0) is 0 Å². The molecule has 4 heteroatoms. The van der Waals surface area contributed by atoms with E-state index in [1.807, 2.05) is 42.5 Å². The molecule has 86 valence electrons. The summed E-state index contributed by atoms with van der Waals surface area (Å²) in [5.74, 6) is 1.53. The Labute approximate surface area is 100.0 Å². The summed E-state index contributed by atoms with van der Waals surface area (Å²) in [7, 11) is 1.64. The largest absolute Gasteiger partial charge is 0.497 e. The van der Waals surface area contributed by atoms with Crippen molar-refractivity contribution in [3.05, 3.63) is 54.2 Å². The maximum Gasteiger partial charge on any atom is 0.146 e. The average Bonchev–Trinajstić information content (AvgIpc) is 2.40. The van der Waals surface area contributed by atoms with Crippen molar-refractivity contribution in [1.29, 1.82) is 0 Å². The van der Waals surface area contributed by atoms with Gasteiger partial charge in [-0.15, -0.1) is 0 Å². The molecule has 0 aliphatic carbocycles. The van der Waals surface area contributed by atoms with Gasteiger partial charge in [-0.2, -0.15) is 5.10 Å². The predicted molar refractivity (Wildman–Crippen MR) is 68.4 cm³/mol. The summed E-state index contributed by atoms with van der Waals surface area (Å²) in [6, 6.07) is 13.3. The van der Waals surface area contributed by atoms with Gasteiger partial charge in [-0.1, -0.05) is 18.2 Å². The van der Waals surface area contributed by atoms with Crippen LogP contribution in [0.3, 0.4) is 0 Å². The Hall–Kier alpha value is -2.36. The second-order valence-corrected chi connectivity index (χ2v) is 3.36. The highest BCUT2D eigenvalue weighted by Crippen LogP contribution is 2.10. The molecule has 17 heavy (non-hydrogen) atoms. The molecule has 1 aromatic heterocycles. The number of hydrazone groups is 1. The van der Waals surface area contributed by atoms with Gasteiger partial charge in [-0.05, 0) is 29.8 Å². The Morgan fingerprint density at radius 2 is 2.18 bits per heavy atom. The molecule has 0 amide bonds. The zero-order valence-electron chi connectivity index (χ0n) is 9.50. The van der Waals surface area contributed by atoms with Crippen LogP contribution in [0.1, 0.15) is 5.56 Å². The van der Waals surface area contributed by atoms with Crippen molar-refractivity contribution in [3.8, 4) is 5.75 Å². The van der Waals surface area contributed by atoms with Crippen molar-refractivity contribution < 1.29 is 4.74 Å². The number of hydrogen-bond donors (Lipinski definition) is 1. The lowest BCUT2D eigenvalue weighted by Gasteiger charge is -2.00. The number of anilines is 1. The van der Waals surface area contributed by atoms with Gasteiger partial charge in [0.25, 0.3) is 0 Å². The minimum absolute atomic E-state index is 0.714. The van der Waals surface area contributed by atoms with Crippen molar-refractivity contribution in [3.63, 3.8) is 0 Å². The van der Waals surface area contributed by atoms with E-state index in [4.69, 9.17) is 4.74 Å². The normalized spacial score (nSPS) is 10.4. The van der Waals surface area contributed by atoms with Crippen LogP contribution in [0.15, 0.2) is 53.8 Å². The molecule has 0 bridgehead atoms. The monoisotopic (exact) mass is 227 g/mol. The average molecular weight is 227 g/mol. The zero-order valence-corrected chi connectivity index (χ0v) is 9.50. The van der Waals surface area contributed by atoms with E-state index < -0.39 is 0 Å². The Morgan fingerprint density at radius 1 is 1.24 bits per heavy atom. The maximum atomic E-state index is 5.13. The summed E-state index contributed by atoms with van der Waals surface area (Å²) in [4.78, 5) is 4.09. The SMILES string of the molecule is COc1cccc(C=NNc2ccccn2)c1. The van der Waals surface area contributed by atoms with E-state index in [-0.39, 0.29) is 0 Å². The molecule has 1 heterocycles. The van der Waals surface area contributed by atoms with E-state index in [9.17, 15) is 0 Å². The van der Waals surface area contributed by atoms with Crippen molar-refractivity contribution in [2.24, 2.45) is 5.10 Å². The van der Waals surface area contributed by atoms with Gasteiger partial charge >= 0.3 is 0 Å². The smallest absolute Gasteiger partial charge is 0.146 e. The highest BCUT2D eigenvalue weighted by molar-refractivity contribution is 5.80. The summed E-state index contributed by atoms with van der Waals surface area (Å²) in [6.07, 6.45) is 3.43. The van der Waals surface area contributed by atoms with Crippen LogP contribution in [-0.4, -0.2) is 18.3 Å². The van der Waals surface area contributed by atoms with Crippen LogP contribution in [0, 0.1) is 0 Å². The summed E-state index contributed by atoms with van der Waals surface area (Å²) in [6.45, 7) is 0. The summed E-state index contributed by atoms with van der Waals surface area (Å²) in [5, 5.41) is 4.09. The highest BCUT2D eigenvalue weighted by atomic mass is 16.5. The van der Waals surface area contributed by atoms with E-state index in [1.54, 1.807) is 19.5 Å². The number of nitrogens with one attached hydrogen (secondary N) is 1. The molecule has 0 saturated carbocycles. The summed E-state index contributed by atoms with van der Waals surface area (Å²) >= 11 is 0. The van der Waals surface area contributed by atoms with E-state index >= 15 is 0 Å². The first-order valence-corrected chi connectivity index (χ1v) is 5.22. The highest BCUT2D eigenvalue weighted by Gasteiger charge is 1.92. The third-order valence-corrected chi connectivity index (χ3v) is 2.15. The van der Waals surface area contributed by atoms with Gasteiger partial charge in [0.1, 0.15) is 11.6 Å². The number of benzene rings is 1. The second kappa shape index (κ2) is 5.65. The van der Waals surface area contributed by atoms with Gasteiger partial charge in [0.2, 0.25) is 0 Å². The first kappa shape index (κ1) is 11.1. The number of hydrogen-bond acceptors (Lipinski definition) is 4. The number of pyridine rings is 1. The zero-order chi connectivity index (χ0) is 11.9. The van der Waals surface area contributed by atoms with Crippen molar-refractivity contribution >= 4 is 12.0 Å². The maximum absolute atomic E-state index is 5.13. The predicted octanol–water partition coefficient (Wildman–Crippen LogP) is 2.54. The molecule has 2 aromatic rings. The van der Waals surface area contributed by atoms with Crippen LogP contribution in [0.4, 0.5) is 5.82 Å². The van der Waals surface area contributed by atoms with Crippen molar-refractivity contribution in [1.82, 2.24) is 4.98 Å². The molecule has 0 radical (unpaired) electrons. The molecule has 0 saturated heterocycles. The molecule has 4 nitrogen and oxygen atoms in total. The van der Waals surface area contributed by atoms with Crippen LogP contribution < -0.4 is 10.2 Å². The standard InChI is InChI=1S/C13H13N3O/c1-17-12-6-4-5-11(9-12)10-15-16-13-7-2-3-8-14-13/h2-10H,1H3,(H,14,16). The van der Waals surface area contributed by atoms with Crippen LogP contribution >= 0.6 is 0 Å².